The minimum absolute atomic E-state index is 0.380. The molecule has 2 atom stereocenters. The van der Waals surface area contributed by atoms with Crippen LogP contribution in [0.25, 0.3) is 10.9 Å². The van der Waals surface area contributed by atoms with Crippen molar-refractivity contribution in [2.24, 2.45) is 5.92 Å². The molecule has 1 aromatic heterocycles. The average molecular weight is 306 g/mol. The van der Waals surface area contributed by atoms with Gasteiger partial charge in [0.15, 0.2) is 0 Å². The second-order valence-electron chi connectivity index (χ2n) is 6.04. The quantitative estimate of drug-likeness (QED) is 0.848. The number of hydrogen-bond acceptors (Lipinski definition) is 2. The molecular formula is C17H24ClN3. The molecule has 114 valence electrons. The molecule has 1 aliphatic carbocycles. The minimum Gasteiger partial charge on any atom is -0.311 e. The molecule has 1 heterocycles. The standard InChI is InChI=1S/C17H24ClN3/c1-2-21-17-9-4-3-8-15(17)16(20-21)12-19-11-13-6-5-7-14(18)10-13/h3-4,8-9,13-14,19H,2,5-7,10-12H2,1H3. The van der Waals surface area contributed by atoms with E-state index >= 15 is 0 Å². The van der Waals surface area contributed by atoms with E-state index in [9.17, 15) is 0 Å². The number of halogens is 1. The minimum atomic E-state index is 0.380. The molecule has 4 heteroatoms. The Bertz CT molecular complexity index is 593. The molecule has 0 amide bonds. The first-order chi connectivity index (χ1) is 10.3. The third-order valence-electron chi connectivity index (χ3n) is 4.48. The Morgan fingerprint density at radius 1 is 1.33 bits per heavy atom. The highest BCUT2D eigenvalue weighted by atomic mass is 35.5. The second-order valence-corrected chi connectivity index (χ2v) is 6.66. The van der Waals surface area contributed by atoms with E-state index < -0.39 is 0 Å². The van der Waals surface area contributed by atoms with E-state index in [2.05, 4.69) is 41.2 Å². The molecule has 1 saturated carbocycles. The lowest BCUT2D eigenvalue weighted by Crippen LogP contribution is -2.27. The Morgan fingerprint density at radius 2 is 2.19 bits per heavy atom. The largest absolute Gasteiger partial charge is 0.311 e. The number of alkyl halides is 1. The third-order valence-corrected chi connectivity index (χ3v) is 4.87. The number of nitrogens with one attached hydrogen (secondary N) is 1. The van der Waals surface area contributed by atoms with E-state index in [4.69, 9.17) is 16.7 Å². The van der Waals surface area contributed by atoms with Crippen molar-refractivity contribution in [3.63, 3.8) is 0 Å². The van der Waals surface area contributed by atoms with Gasteiger partial charge < -0.3 is 5.32 Å². The summed E-state index contributed by atoms with van der Waals surface area (Å²) in [6, 6.07) is 8.48. The molecule has 0 radical (unpaired) electrons. The van der Waals surface area contributed by atoms with Crippen LogP contribution in [0.15, 0.2) is 24.3 Å². The molecule has 1 N–H and O–H groups in total. The van der Waals surface area contributed by atoms with Gasteiger partial charge >= 0.3 is 0 Å². The average Bonchev–Trinajstić information content (AvgIpc) is 2.86. The lowest BCUT2D eigenvalue weighted by molar-refractivity contribution is 0.345. The summed E-state index contributed by atoms with van der Waals surface area (Å²) < 4.78 is 2.09. The van der Waals surface area contributed by atoms with Crippen LogP contribution in [0, 0.1) is 5.92 Å². The first-order valence-electron chi connectivity index (χ1n) is 8.07. The highest BCUT2D eigenvalue weighted by molar-refractivity contribution is 6.20. The Kier molecular flexibility index (Phi) is 4.81. The number of aromatic nitrogens is 2. The predicted molar refractivity (Wildman–Crippen MR) is 88.7 cm³/mol. The molecular weight excluding hydrogens is 282 g/mol. The number of fused-ring (bicyclic) bond motifs is 1. The summed E-state index contributed by atoms with van der Waals surface area (Å²) >= 11 is 6.26. The molecule has 0 saturated heterocycles. The summed E-state index contributed by atoms with van der Waals surface area (Å²) in [6.07, 6.45) is 4.91. The summed E-state index contributed by atoms with van der Waals surface area (Å²) in [7, 11) is 0. The number of hydrogen-bond donors (Lipinski definition) is 1. The first-order valence-corrected chi connectivity index (χ1v) is 8.50. The normalized spacial score (nSPS) is 22.8. The highest BCUT2D eigenvalue weighted by Crippen LogP contribution is 2.27. The van der Waals surface area contributed by atoms with Crippen LogP contribution in [0.3, 0.4) is 0 Å². The van der Waals surface area contributed by atoms with Gasteiger partial charge in [0.05, 0.1) is 11.2 Å². The zero-order valence-electron chi connectivity index (χ0n) is 12.7. The van der Waals surface area contributed by atoms with E-state index in [1.54, 1.807) is 0 Å². The van der Waals surface area contributed by atoms with Crippen molar-refractivity contribution in [2.45, 2.75) is 51.1 Å². The van der Waals surface area contributed by atoms with E-state index in [1.807, 2.05) is 0 Å². The van der Waals surface area contributed by atoms with Crippen LogP contribution in [0.4, 0.5) is 0 Å². The van der Waals surface area contributed by atoms with Crippen LogP contribution in [0.2, 0.25) is 0 Å². The summed E-state index contributed by atoms with van der Waals surface area (Å²) in [6.45, 7) is 4.95. The molecule has 3 rings (SSSR count). The van der Waals surface area contributed by atoms with E-state index in [0.29, 0.717) is 5.38 Å². The third kappa shape index (κ3) is 3.41. The Hall–Kier alpha value is -1.06. The van der Waals surface area contributed by atoms with Crippen molar-refractivity contribution in [3.8, 4) is 0 Å². The maximum atomic E-state index is 6.26. The van der Waals surface area contributed by atoms with Crippen LogP contribution in [-0.2, 0) is 13.1 Å². The molecule has 0 bridgehead atoms. The van der Waals surface area contributed by atoms with Gasteiger partial charge in [0.25, 0.3) is 0 Å². The zero-order valence-corrected chi connectivity index (χ0v) is 13.4. The van der Waals surface area contributed by atoms with Gasteiger partial charge in [-0.1, -0.05) is 24.6 Å². The van der Waals surface area contributed by atoms with Crippen LogP contribution in [0.5, 0.6) is 0 Å². The van der Waals surface area contributed by atoms with Crippen molar-refractivity contribution in [2.75, 3.05) is 6.54 Å². The smallest absolute Gasteiger partial charge is 0.0841 e. The van der Waals surface area contributed by atoms with Crippen LogP contribution < -0.4 is 5.32 Å². The lowest BCUT2D eigenvalue weighted by Gasteiger charge is -2.25. The number of benzene rings is 1. The Morgan fingerprint density at radius 3 is 3.00 bits per heavy atom. The van der Waals surface area contributed by atoms with Crippen molar-refractivity contribution in [3.05, 3.63) is 30.0 Å². The number of aryl methyl sites for hydroxylation is 1. The van der Waals surface area contributed by atoms with E-state index in [0.717, 1.165) is 37.7 Å². The molecule has 0 aliphatic heterocycles. The SMILES string of the molecule is CCn1nc(CNCC2CCCC(Cl)C2)c2ccccc21. The van der Waals surface area contributed by atoms with Gasteiger partial charge in [0.2, 0.25) is 0 Å². The predicted octanol–water partition coefficient (Wildman–Crippen LogP) is 3.94. The topological polar surface area (TPSA) is 29.9 Å². The molecule has 2 unspecified atom stereocenters. The number of nitrogens with zero attached hydrogens (tertiary/aromatic N) is 2. The summed E-state index contributed by atoms with van der Waals surface area (Å²) in [5.41, 5.74) is 2.39. The van der Waals surface area contributed by atoms with E-state index in [-0.39, 0.29) is 0 Å². The fraction of sp³-hybridized carbons (Fsp3) is 0.588. The fourth-order valence-corrected chi connectivity index (χ4v) is 3.78. The first kappa shape index (κ1) is 14.9. The lowest BCUT2D eigenvalue weighted by atomic mass is 9.89. The van der Waals surface area contributed by atoms with Crippen molar-refractivity contribution in [1.82, 2.24) is 15.1 Å². The number of rotatable bonds is 5. The summed E-state index contributed by atoms with van der Waals surface area (Å²) in [5.74, 6) is 0.723. The Balaban J connectivity index is 1.63. The van der Waals surface area contributed by atoms with Crippen LogP contribution in [-0.4, -0.2) is 21.7 Å². The van der Waals surface area contributed by atoms with Gasteiger partial charge in [-0.25, -0.2) is 0 Å². The van der Waals surface area contributed by atoms with Gasteiger partial charge in [0, 0.05) is 23.9 Å². The molecule has 2 aromatic rings. The maximum absolute atomic E-state index is 6.26. The number of para-hydroxylation sites is 1. The zero-order chi connectivity index (χ0) is 14.7. The molecule has 0 spiro atoms. The van der Waals surface area contributed by atoms with Gasteiger partial charge in [-0.05, 0) is 44.7 Å². The summed E-state index contributed by atoms with van der Waals surface area (Å²) in [4.78, 5) is 0. The van der Waals surface area contributed by atoms with E-state index in [1.165, 1.54) is 30.2 Å². The molecule has 1 aliphatic rings. The van der Waals surface area contributed by atoms with Crippen LogP contribution in [0.1, 0.15) is 38.3 Å². The van der Waals surface area contributed by atoms with Gasteiger partial charge in [-0.3, -0.25) is 4.68 Å². The second kappa shape index (κ2) is 6.80. The van der Waals surface area contributed by atoms with Gasteiger partial charge in [-0.2, -0.15) is 5.10 Å². The van der Waals surface area contributed by atoms with Crippen LogP contribution >= 0.6 is 11.6 Å². The highest BCUT2D eigenvalue weighted by Gasteiger charge is 2.20. The van der Waals surface area contributed by atoms with Crippen molar-refractivity contribution >= 4 is 22.5 Å². The van der Waals surface area contributed by atoms with Crippen molar-refractivity contribution in [1.29, 1.82) is 0 Å². The van der Waals surface area contributed by atoms with Gasteiger partial charge in [-0.15, -0.1) is 11.6 Å². The molecule has 1 fully saturated rings. The fourth-order valence-electron chi connectivity index (χ4n) is 3.37. The molecule has 21 heavy (non-hydrogen) atoms. The maximum Gasteiger partial charge on any atom is 0.0841 e. The monoisotopic (exact) mass is 305 g/mol. The van der Waals surface area contributed by atoms with Crippen molar-refractivity contribution < 1.29 is 0 Å². The molecule has 3 nitrogen and oxygen atoms in total. The summed E-state index contributed by atoms with van der Waals surface area (Å²) in [5, 5.41) is 9.97. The Labute approximate surface area is 131 Å². The molecule has 1 aromatic carbocycles. The van der Waals surface area contributed by atoms with Gasteiger partial charge in [0.1, 0.15) is 0 Å².